The molecule has 0 aliphatic carbocycles. The Bertz CT molecular complexity index is 428. The molecule has 18 heavy (non-hydrogen) atoms. The van der Waals surface area contributed by atoms with Gasteiger partial charge in [-0.25, -0.2) is 4.39 Å². The minimum atomic E-state index is -0.296. The Hall–Kier alpha value is -0.490. The molecule has 2 rings (SSSR count). The Balaban J connectivity index is 1.83. The third kappa shape index (κ3) is 3.75. The molecule has 0 saturated carbocycles. The average molecular weight is 362 g/mol. The van der Waals surface area contributed by atoms with Gasteiger partial charge in [0.15, 0.2) is 5.78 Å². The molecule has 0 amide bonds. The van der Waals surface area contributed by atoms with Crippen molar-refractivity contribution in [3.8, 4) is 0 Å². The minimum Gasteiger partial charge on any atom is -0.378 e. The summed E-state index contributed by atoms with van der Waals surface area (Å²) in [4.78, 5) is 12.0. The fourth-order valence-electron chi connectivity index (χ4n) is 2.21. The van der Waals surface area contributed by atoms with Crippen LogP contribution in [0.3, 0.4) is 0 Å². The van der Waals surface area contributed by atoms with Crippen LogP contribution in [0.4, 0.5) is 4.39 Å². The summed E-state index contributed by atoms with van der Waals surface area (Å²) < 4.78 is 19.1. The molecule has 4 heteroatoms. The van der Waals surface area contributed by atoms with Crippen molar-refractivity contribution in [2.45, 2.75) is 38.2 Å². The Morgan fingerprint density at radius 3 is 3.00 bits per heavy atom. The van der Waals surface area contributed by atoms with Gasteiger partial charge in [0.1, 0.15) is 5.82 Å². The van der Waals surface area contributed by atoms with Gasteiger partial charge in [-0.15, -0.1) is 0 Å². The number of hydrogen-bond acceptors (Lipinski definition) is 2. The number of ketones is 1. The Morgan fingerprint density at radius 1 is 1.50 bits per heavy atom. The van der Waals surface area contributed by atoms with Gasteiger partial charge in [0.05, 0.1) is 6.10 Å². The summed E-state index contributed by atoms with van der Waals surface area (Å²) in [5.41, 5.74) is 0.629. The van der Waals surface area contributed by atoms with Crippen molar-refractivity contribution in [1.29, 1.82) is 0 Å². The summed E-state index contributed by atoms with van der Waals surface area (Å²) in [5.74, 6) is -0.201. The molecule has 1 aromatic rings. The quantitative estimate of drug-likeness (QED) is 0.586. The number of Topliss-reactive ketones (excluding diaryl/α,β-unsaturated/α-hetero) is 1. The SMILES string of the molecule is O=C(CCCC1CCCO1)c1ccc(F)cc1I. The van der Waals surface area contributed by atoms with E-state index in [9.17, 15) is 9.18 Å². The van der Waals surface area contributed by atoms with E-state index in [-0.39, 0.29) is 11.6 Å². The predicted molar refractivity (Wildman–Crippen MR) is 76.3 cm³/mol. The van der Waals surface area contributed by atoms with Crippen LogP contribution in [0.2, 0.25) is 0 Å². The predicted octanol–water partition coefficient (Wildman–Crippen LogP) is 3.96. The zero-order chi connectivity index (χ0) is 13.0. The van der Waals surface area contributed by atoms with E-state index >= 15 is 0 Å². The van der Waals surface area contributed by atoms with Crippen LogP contribution in [-0.2, 0) is 4.74 Å². The zero-order valence-corrected chi connectivity index (χ0v) is 12.3. The molecule has 1 unspecified atom stereocenters. The summed E-state index contributed by atoms with van der Waals surface area (Å²) in [5, 5.41) is 0. The molecule has 1 aliphatic rings. The molecular formula is C14H16FIO2. The first-order valence-electron chi connectivity index (χ1n) is 6.26. The van der Waals surface area contributed by atoms with Crippen molar-refractivity contribution in [3.63, 3.8) is 0 Å². The highest BCUT2D eigenvalue weighted by molar-refractivity contribution is 14.1. The lowest BCUT2D eigenvalue weighted by Crippen LogP contribution is -2.07. The standard InChI is InChI=1S/C14H16FIO2/c15-10-6-7-12(13(16)9-10)14(17)5-1-3-11-4-2-8-18-11/h6-7,9,11H,1-5,8H2. The van der Waals surface area contributed by atoms with Crippen LogP contribution in [0, 0.1) is 9.39 Å². The number of hydrogen-bond donors (Lipinski definition) is 0. The van der Waals surface area contributed by atoms with Crippen molar-refractivity contribution in [3.05, 3.63) is 33.1 Å². The fourth-order valence-corrected chi connectivity index (χ4v) is 2.99. The maximum absolute atomic E-state index is 12.9. The van der Waals surface area contributed by atoms with E-state index in [1.807, 2.05) is 22.6 Å². The van der Waals surface area contributed by atoms with Gasteiger partial charge in [-0.05, 0) is 66.5 Å². The zero-order valence-electron chi connectivity index (χ0n) is 10.1. The fraction of sp³-hybridized carbons (Fsp3) is 0.500. The van der Waals surface area contributed by atoms with E-state index in [4.69, 9.17) is 4.74 Å². The van der Waals surface area contributed by atoms with Crippen molar-refractivity contribution in [2.75, 3.05) is 6.61 Å². The Kier molecular flexibility index (Phi) is 5.12. The number of carbonyl (C=O) groups excluding carboxylic acids is 1. The lowest BCUT2D eigenvalue weighted by Gasteiger charge is -2.08. The second-order valence-electron chi connectivity index (χ2n) is 4.57. The van der Waals surface area contributed by atoms with Crippen molar-refractivity contribution < 1.29 is 13.9 Å². The van der Waals surface area contributed by atoms with Gasteiger partial charge in [0, 0.05) is 22.2 Å². The maximum atomic E-state index is 12.9. The Morgan fingerprint density at radius 2 is 2.33 bits per heavy atom. The highest BCUT2D eigenvalue weighted by atomic mass is 127. The summed E-state index contributed by atoms with van der Waals surface area (Å²) >= 11 is 2.01. The molecule has 98 valence electrons. The molecule has 1 aromatic carbocycles. The lowest BCUT2D eigenvalue weighted by atomic mass is 10.0. The third-order valence-electron chi connectivity index (χ3n) is 3.19. The van der Waals surface area contributed by atoms with Gasteiger partial charge in [-0.2, -0.15) is 0 Å². The van der Waals surface area contributed by atoms with Gasteiger partial charge < -0.3 is 4.74 Å². The van der Waals surface area contributed by atoms with E-state index in [1.165, 1.54) is 12.1 Å². The third-order valence-corrected chi connectivity index (χ3v) is 4.08. The number of ether oxygens (including phenoxy) is 1. The summed E-state index contributed by atoms with van der Waals surface area (Å²) in [6.07, 6.45) is 4.89. The second-order valence-corrected chi connectivity index (χ2v) is 5.74. The van der Waals surface area contributed by atoms with Crippen LogP contribution in [0.5, 0.6) is 0 Å². The molecule has 0 N–H and O–H groups in total. The molecule has 1 atom stereocenters. The number of halogens is 2. The van der Waals surface area contributed by atoms with Crippen LogP contribution in [0.25, 0.3) is 0 Å². The molecule has 1 saturated heterocycles. The van der Waals surface area contributed by atoms with Crippen molar-refractivity contribution in [1.82, 2.24) is 0 Å². The molecule has 0 bridgehead atoms. The van der Waals surface area contributed by atoms with Gasteiger partial charge in [0.25, 0.3) is 0 Å². The monoisotopic (exact) mass is 362 g/mol. The van der Waals surface area contributed by atoms with Gasteiger partial charge in [-0.3, -0.25) is 4.79 Å². The van der Waals surface area contributed by atoms with Crippen LogP contribution in [0.15, 0.2) is 18.2 Å². The number of carbonyl (C=O) groups is 1. The van der Waals surface area contributed by atoms with E-state index in [1.54, 1.807) is 6.07 Å². The van der Waals surface area contributed by atoms with Gasteiger partial charge >= 0.3 is 0 Å². The number of benzene rings is 1. The second kappa shape index (κ2) is 6.61. The van der Waals surface area contributed by atoms with Gasteiger partial charge in [0.2, 0.25) is 0 Å². The van der Waals surface area contributed by atoms with Crippen molar-refractivity contribution in [2.24, 2.45) is 0 Å². The molecule has 1 aliphatic heterocycles. The first kappa shape index (κ1) is 13.9. The topological polar surface area (TPSA) is 26.3 Å². The normalized spacial score (nSPS) is 19.1. The van der Waals surface area contributed by atoms with Crippen LogP contribution < -0.4 is 0 Å². The molecular weight excluding hydrogens is 346 g/mol. The summed E-state index contributed by atoms with van der Waals surface area (Å²) in [6.45, 7) is 0.856. The van der Waals surface area contributed by atoms with E-state index in [2.05, 4.69) is 0 Å². The van der Waals surface area contributed by atoms with E-state index in [0.717, 1.165) is 32.3 Å². The summed E-state index contributed by atoms with van der Waals surface area (Å²) in [7, 11) is 0. The van der Waals surface area contributed by atoms with Gasteiger partial charge in [-0.1, -0.05) is 0 Å². The minimum absolute atomic E-state index is 0.0948. The number of rotatable bonds is 5. The molecule has 0 radical (unpaired) electrons. The molecule has 1 heterocycles. The Labute approximate surface area is 120 Å². The first-order chi connectivity index (χ1) is 8.66. The molecule has 0 aromatic heterocycles. The average Bonchev–Trinajstić information content (AvgIpc) is 2.81. The molecule has 2 nitrogen and oxygen atoms in total. The first-order valence-corrected chi connectivity index (χ1v) is 7.34. The van der Waals surface area contributed by atoms with E-state index in [0.29, 0.717) is 21.7 Å². The summed E-state index contributed by atoms with van der Waals surface area (Å²) in [6, 6.07) is 4.31. The van der Waals surface area contributed by atoms with Crippen LogP contribution >= 0.6 is 22.6 Å². The maximum Gasteiger partial charge on any atom is 0.163 e. The van der Waals surface area contributed by atoms with E-state index < -0.39 is 0 Å². The van der Waals surface area contributed by atoms with Crippen molar-refractivity contribution >= 4 is 28.4 Å². The molecule has 0 spiro atoms. The highest BCUT2D eigenvalue weighted by Crippen LogP contribution is 2.20. The lowest BCUT2D eigenvalue weighted by molar-refractivity contribution is 0.0922. The largest absolute Gasteiger partial charge is 0.378 e. The van der Waals surface area contributed by atoms with Crippen LogP contribution in [0.1, 0.15) is 42.5 Å². The molecule has 1 fully saturated rings. The smallest absolute Gasteiger partial charge is 0.163 e. The highest BCUT2D eigenvalue weighted by Gasteiger charge is 2.16. The van der Waals surface area contributed by atoms with Crippen LogP contribution in [-0.4, -0.2) is 18.5 Å².